The number of aryl methyl sites for hydroxylation is 3. The minimum absolute atomic E-state index is 0.0900. The minimum atomic E-state index is -0.673. The Bertz CT molecular complexity index is 1180. The van der Waals surface area contributed by atoms with Gasteiger partial charge in [0.1, 0.15) is 11.8 Å². The van der Waals surface area contributed by atoms with Crippen molar-refractivity contribution in [2.24, 2.45) is 0 Å². The van der Waals surface area contributed by atoms with Gasteiger partial charge in [0.15, 0.2) is 11.5 Å². The maximum Gasteiger partial charge on any atom is 0.271 e. The van der Waals surface area contributed by atoms with Gasteiger partial charge in [0.05, 0.1) is 14.2 Å². The lowest BCUT2D eigenvalue weighted by Crippen LogP contribution is -2.62. The summed E-state index contributed by atoms with van der Waals surface area (Å²) in [5, 5.41) is 0.628. The molecule has 1 heterocycles. The maximum absolute atomic E-state index is 13.4. The summed E-state index contributed by atoms with van der Waals surface area (Å²) >= 11 is 6.10. The standard InChI is InChI=1S/C26H26ClNO4/c1-15-6-7-16(2)20(12-15)28-24(18-8-10-22(30-4)23(14-18)31-5)25(26(28)29)32-21-11-9-19(27)13-17(21)3/h6-14,24-25H,1-5H3/t24-,25-/m0/s1. The molecule has 3 aromatic carbocycles. The number of benzene rings is 3. The van der Waals surface area contributed by atoms with E-state index in [0.717, 1.165) is 27.9 Å². The molecule has 0 spiro atoms. The van der Waals surface area contributed by atoms with Gasteiger partial charge < -0.3 is 14.2 Å². The number of ether oxygens (including phenoxy) is 3. The molecule has 1 fully saturated rings. The summed E-state index contributed by atoms with van der Waals surface area (Å²) in [6.07, 6.45) is -0.673. The molecule has 0 bridgehead atoms. The molecule has 5 nitrogen and oxygen atoms in total. The predicted octanol–water partition coefficient (Wildman–Crippen LogP) is 5.82. The number of β-lactam (4-membered cyclic amide) rings is 1. The number of methoxy groups -OCH3 is 2. The largest absolute Gasteiger partial charge is 0.493 e. The molecule has 1 saturated heterocycles. The second kappa shape index (κ2) is 8.75. The zero-order valence-electron chi connectivity index (χ0n) is 18.8. The molecule has 1 aliphatic heterocycles. The van der Waals surface area contributed by atoms with E-state index in [4.69, 9.17) is 25.8 Å². The number of carbonyl (C=O) groups is 1. The number of rotatable bonds is 6. The number of hydrogen-bond donors (Lipinski definition) is 0. The molecule has 6 heteroatoms. The van der Waals surface area contributed by atoms with Crippen molar-refractivity contribution in [1.29, 1.82) is 0 Å². The number of halogens is 1. The first-order chi connectivity index (χ1) is 15.3. The van der Waals surface area contributed by atoms with Gasteiger partial charge in [-0.1, -0.05) is 29.8 Å². The number of nitrogens with zero attached hydrogens (tertiary/aromatic N) is 1. The molecule has 2 atom stereocenters. The van der Waals surface area contributed by atoms with E-state index in [9.17, 15) is 4.79 Å². The third-order valence-corrected chi connectivity index (χ3v) is 6.05. The Morgan fingerprint density at radius 2 is 1.53 bits per heavy atom. The molecular weight excluding hydrogens is 426 g/mol. The molecule has 0 unspecified atom stereocenters. The molecule has 1 aliphatic rings. The number of carbonyl (C=O) groups excluding carboxylic acids is 1. The minimum Gasteiger partial charge on any atom is -0.493 e. The number of hydrogen-bond acceptors (Lipinski definition) is 4. The molecule has 0 saturated carbocycles. The Morgan fingerprint density at radius 1 is 0.812 bits per heavy atom. The monoisotopic (exact) mass is 451 g/mol. The molecule has 1 amide bonds. The number of anilines is 1. The van der Waals surface area contributed by atoms with Crippen LogP contribution in [-0.2, 0) is 4.79 Å². The molecule has 3 aromatic rings. The topological polar surface area (TPSA) is 48.0 Å². The van der Waals surface area contributed by atoms with Crippen molar-refractivity contribution >= 4 is 23.2 Å². The quantitative estimate of drug-likeness (QED) is 0.443. The highest BCUT2D eigenvalue weighted by molar-refractivity contribution is 6.30. The Labute approximate surface area is 193 Å². The third-order valence-electron chi connectivity index (χ3n) is 5.81. The van der Waals surface area contributed by atoms with Crippen molar-refractivity contribution in [3.8, 4) is 17.2 Å². The van der Waals surface area contributed by atoms with Crippen molar-refractivity contribution < 1.29 is 19.0 Å². The van der Waals surface area contributed by atoms with Gasteiger partial charge in [0, 0.05) is 10.7 Å². The van der Waals surface area contributed by atoms with E-state index in [1.807, 2.05) is 63.2 Å². The fourth-order valence-corrected chi connectivity index (χ4v) is 4.29. The van der Waals surface area contributed by atoms with Crippen LogP contribution in [-0.4, -0.2) is 26.2 Å². The van der Waals surface area contributed by atoms with E-state index in [2.05, 4.69) is 0 Å². The highest BCUT2D eigenvalue weighted by Crippen LogP contribution is 2.45. The van der Waals surface area contributed by atoms with Crippen LogP contribution < -0.4 is 19.1 Å². The summed E-state index contributed by atoms with van der Waals surface area (Å²) in [6.45, 7) is 5.94. The fraction of sp³-hybridized carbons (Fsp3) is 0.269. The average Bonchev–Trinajstić information content (AvgIpc) is 2.78. The molecule has 166 valence electrons. The SMILES string of the molecule is COc1ccc([C@H]2[C@H](Oc3ccc(Cl)cc3C)C(=O)N2c2cc(C)ccc2C)cc1OC. The highest BCUT2D eigenvalue weighted by atomic mass is 35.5. The first-order valence-corrected chi connectivity index (χ1v) is 10.8. The van der Waals surface area contributed by atoms with Gasteiger partial charge in [-0.2, -0.15) is 0 Å². The molecule has 0 aromatic heterocycles. The van der Waals surface area contributed by atoms with Crippen molar-refractivity contribution in [2.45, 2.75) is 32.9 Å². The molecule has 32 heavy (non-hydrogen) atoms. The Morgan fingerprint density at radius 3 is 2.22 bits per heavy atom. The van der Waals surface area contributed by atoms with Crippen LogP contribution in [0.1, 0.15) is 28.3 Å². The second-order valence-electron chi connectivity index (χ2n) is 8.01. The molecular formula is C26H26ClNO4. The Hall–Kier alpha value is -3.18. The highest BCUT2D eigenvalue weighted by Gasteiger charge is 2.51. The summed E-state index contributed by atoms with van der Waals surface area (Å²) in [7, 11) is 3.20. The van der Waals surface area contributed by atoms with Gasteiger partial charge in [0.25, 0.3) is 5.91 Å². The van der Waals surface area contributed by atoms with Gasteiger partial charge in [-0.15, -0.1) is 0 Å². The van der Waals surface area contributed by atoms with Crippen LogP contribution in [0.3, 0.4) is 0 Å². The molecule has 0 N–H and O–H groups in total. The zero-order valence-corrected chi connectivity index (χ0v) is 19.6. The third kappa shape index (κ3) is 3.89. The van der Waals surface area contributed by atoms with E-state index in [0.29, 0.717) is 22.3 Å². The van der Waals surface area contributed by atoms with Crippen LogP contribution >= 0.6 is 11.6 Å². The molecule has 4 rings (SSSR count). The van der Waals surface area contributed by atoms with E-state index >= 15 is 0 Å². The summed E-state index contributed by atoms with van der Waals surface area (Å²) in [5.41, 5.74) is 4.77. The van der Waals surface area contributed by atoms with E-state index < -0.39 is 6.10 Å². The van der Waals surface area contributed by atoms with Crippen LogP contribution in [0.4, 0.5) is 5.69 Å². The van der Waals surface area contributed by atoms with Crippen LogP contribution in [0, 0.1) is 20.8 Å². The van der Waals surface area contributed by atoms with Gasteiger partial charge in [-0.25, -0.2) is 0 Å². The van der Waals surface area contributed by atoms with Crippen LogP contribution in [0.5, 0.6) is 17.2 Å². The maximum atomic E-state index is 13.4. The van der Waals surface area contributed by atoms with Gasteiger partial charge >= 0.3 is 0 Å². The van der Waals surface area contributed by atoms with E-state index in [-0.39, 0.29) is 11.9 Å². The van der Waals surface area contributed by atoms with Crippen molar-refractivity contribution in [3.63, 3.8) is 0 Å². The van der Waals surface area contributed by atoms with Crippen LogP contribution in [0.15, 0.2) is 54.6 Å². The lowest BCUT2D eigenvalue weighted by Gasteiger charge is -2.47. The van der Waals surface area contributed by atoms with Crippen molar-refractivity contribution in [1.82, 2.24) is 0 Å². The van der Waals surface area contributed by atoms with Gasteiger partial charge in [-0.05, 0) is 79.4 Å². The van der Waals surface area contributed by atoms with Gasteiger partial charge in [-0.3, -0.25) is 9.69 Å². The van der Waals surface area contributed by atoms with Crippen LogP contribution in [0.25, 0.3) is 0 Å². The van der Waals surface area contributed by atoms with Gasteiger partial charge in [0.2, 0.25) is 6.10 Å². The first-order valence-electron chi connectivity index (χ1n) is 10.4. The first kappa shape index (κ1) is 22.0. The van der Waals surface area contributed by atoms with Crippen molar-refractivity contribution in [3.05, 3.63) is 81.9 Å². The summed E-state index contributed by atoms with van der Waals surface area (Å²) in [6, 6.07) is 16.9. The lowest BCUT2D eigenvalue weighted by molar-refractivity contribution is -0.135. The van der Waals surface area contributed by atoms with E-state index in [1.54, 1.807) is 31.3 Å². The zero-order chi connectivity index (χ0) is 23.0. The van der Waals surface area contributed by atoms with Crippen LogP contribution in [0.2, 0.25) is 5.02 Å². The summed E-state index contributed by atoms with van der Waals surface area (Å²) in [4.78, 5) is 15.2. The van der Waals surface area contributed by atoms with Crippen molar-refractivity contribution in [2.75, 3.05) is 19.1 Å². The fourth-order valence-electron chi connectivity index (χ4n) is 4.07. The predicted molar refractivity (Wildman–Crippen MR) is 126 cm³/mol. The Kier molecular flexibility index (Phi) is 6.02. The smallest absolute Gasteiger partial charge is 0.271 e. The second-order valence-corrected chi connectivity index (χ2v) is 8.44. The molecule has 0 radical (unpaired) electrons. The summed E-state index contributed by atoms with van der Waals surface area (Å²) in [5.74, 6) is 1.78. The average molecular weight is 452 g/mol. The van der Waals surface area contributed by atoms with E-state index in [1.165, 1.54) is 0 Å². The Balaban J connectivity index is 1.78. The lowest BCUT2D eigenvalue weighted by atomic mass is 9.88. The molecule has 0 aliphatic carbocycles. The number of amides is 1. The normalized spacial score (nSPS) is 17.7. The summed E-state index contributed by atoms with van der Waals surface area (Å²) < 4.78 is 17.1.